The molecule has 4 fully saturated rings. The van der Waals surface area contributed by atoms with Crippen molar-refractivity contribution in [3.63, 3.8) is 0 Å². The second-order valence-electron chi connectivity index (χ2n) is 8.30. The molecule has 5 aliphatic rings. The first-order chi connectivity index (χ1) is 11.1. The van der Waals surface area contributed by atoms with Crippen LogP contribution in [-0.4, -0.2) is 29.5 Å². The lowest BCUT2D eigenvalue weighted by Gasteiger charge is -2.60. The molecule has 1 aromatic carbocycles. The Morgan fingerprint density at radius 3 is 2.52 bits per heavy atom. The number of benzene rings is 1. The summed E-state index contributed by atoms with van der Waals surface area (Å²) < 4.78 is 11.3. The number of rotatable bonds is 3. The van der Waals surface area contributed by atoms with Crippen LogP contribution < -0.4 is 14.8 Å². The summed E-state index contributed by atoms with van der Waals surface area (Å²) in [6.07, 6.45) is 6.77. The Balaban J connectivity index is 1.33. The summed E-state index contributed by atoms with van der Waals surface area (Å²) in [5.41, 5.74) is 0.979. The molecule has 4 atom stereocenters. The van der Waals surface area contributed by atoms with Gasteiger partial charge in [-0.25, -0.2) is 0 Å². The van der Waals surface area contributed by atoms with Crippen molar-refractivity contribution >= 4 is 0 Å². The Morgan fingerprint density at radius 2 is 1.78 bits per heavy atom. The van der Waals surface area contributed by atoms with Gasteiger partial charge < -0.3 is 19.9 Å². The van der Waals surface area contributed by atoms with Crippen molar-refractivity contribution in [2.75, 3.05) is 13.2 Å². The maximum atomic E-state index is 10.8. The number of hydrogen-bond acceptors (Lipinski definition) is 4. The third-order valence-electron chi connectivity index (χ3n) is 6.30. The SMILES string of the molecule is OC12C[C@H]3C[C@@H](C1)CC(NCc1ccc4c(c1)OCCO4)(C3)C2. The van der Waals surface area contributed by atoms with Gasteiger partial charge in [0.15, 0.2) is 11.5 Å². The summed E-state index contributed by atoms with van der Waals surface area (Å²) in [5.74, 6) is 3.15. The van der Waals surface area contributed by atoms with Gasteiger partial charge in [-0.2, -0.15) is 0 Å². The first-order valence-corrected chi connectivity index (χ1v) is 8.98. The van der Waals surface area contributed by atoms with Gasteiger partial charge in [-0.1, -0.05) is 6.07 Å². The van der Waals surface area contributed by atoms with Crippen LogP contribution in [0, 0.1) is 11.8 Å². The number of nitrogens with one attached hydrogen (secondary N) is 1. The highest BCUT2D eigenvalue weighted by Crippen LogP contribution is 2.57. The molecule has 6 rings (SSSR count). The highest BCUT2D eigenvalue weighted by molar-refractivity contribution is 5.43. The summed E-state index contributed by atoms with van der Waals surface area (Å²) in [6.45, 7) is 2.10. The zero-order chi connectivity index (χ0) is 15.5. The normalized spacial score (nSPS) is 40.4. The number of hydrogen-bond donors (Lipinski definition) is 2. The maximum absolute atomic E-state index is 10.8. The molecule has 4 bridgehead atoms. The molecule has 0 radical (unpaired) electrons. The van der Waals surface area contributed by atoms with Crippen LogP contribution in [0.15, 0.2) is 18.2 Å². The lowest BCUT2D eigenvalue weighted by molar-refractivity contribution is -0.142. The van der Waals surface area contributed by atoms with Crippen LogP contribution in [0.3, 0.4) is 0 Å². The molecule has 0 aromatic heterocycles. The number of ether oxygens (including phenoxy) is 2. The van der Waals surface area contributed by atoms with E-state index in [0.29, 0.717) is 25.0 Å². The topological polar surface area (TPSA) is 50.7 Å². The Morgan fingerprint density at radius 1 is 1.04 bits per heavy atom. The third kappa shape index (κ3) is 2.43. The fourth-order valence-corrected chi connectivity index (χ4v) is 5.91. The highest BCUT2D eigenvalue weighted by atomic mass is 16.6. The standard InChI is InChI=1S/C19H25NO3/c21-19-9-14-5-15(10-19)8-18(7-14,12-19)20-11-13-1-2-16-17(6-13)23-4-3-22-16/h1-2,6,14-15,20-21H,3-5,7-12H2/t14-,15+,18?,19?. The molecule has 4 aliphatic carbocycles. The van der Waals surface area contributed by atoms with Crippen LogP contribution in [0.25, 0.3) is 0 Å². The monoisotopic (exact) mass is 315 g/mol. The maximum Gasteiger partial charge on any atom is 0.161 e. The second-order valence-corrected chi connectivity index (χ2v) is 8.30. The van der Waals surface area contributed by atoms with Gasteiger partial charge in [0, 0.05) is 12.1 Å². The fourth-order valence-electron chi connectivity index (χ4n) is 5.91. The molecule has 124 valence electrons. The molecule has 2 N–H and O–H groups in total. The zero-order valence-electron chi connectivity index (χ0n) is 13.5. The van der Waals surface area contributed by atoms with Gasteiger partial charge in [-0.15, -0.1) is 0 Å². The van der Waals surface area contributed by atoms with Crippen LogP contribution in [0.2, 0.25) is 0 Å². The molecule has 0 spiro atoms. The van der Waals surface area contributed by atoms with E-state index in [2.05, 4.69) is 17.4 Å². The molecular formula is C19H25NO3. The van der Waals surface area contributed by atoms with Gasteiger partial charge in [0.1, 0.15) is 13.2 Å². The molecule has 1 aromatic rings. The van der Waals surface area contributed by atoms with Crippen LogP contribution in [0.1, 0.15) is 44.1 Å². The summed E-state index contributed by atoms with van der Waals surface area (Å²) in [6, 6.07) is 6.23. The van der Waals surface area contributed by atoms with E-state index >= 15 is 0 Å². The first kappa shape index (κ1) is 14.1. The minimum atomic E-state index is -0.399. The molecule has 1 aliphatic heterocycles. The van der Waals surface area contributed by atoms with Gasteiger partial charge in [0.05, 0.1) is 5.60 Å². The van der Waals surface area contributed by atoms with E-state index < -0.39 is 5.60 Å². The van der Waals surface area contributed by atoms with Crippen LogP contribution in [0.5, 0.6) is 11.5 Å². The first-order valence-electron chi connectivity index (χ1n) is 8.98. The zero-order valence-corrected chi connectivity index (χ0v) is 13.5. The van der Waals surface area contributed by atoms with Gasteiger partial charge in [-0.3, -0.25) is 0 Å². The predicted octanol–water partition coefficient (Wildman–Crippen LogP) is 2.63. The van der Waals surface area contributed by atoms with Crippen LogP contribution in [0.4, 0.5) is 0 Å². The smallest absolute Gasteiger partial charge is 0.161 e. The van der Waals surface area contributed by atoms with Crippen molar-refractivity contribution in [3.8, 4) is 11.5 Å². The molecule has 1 heterocycles. The number of aliphatic hydroxyl groups is 1. The highest BCUT2D eigenvalue weighted by Gasteiger charge is 2.56. The molecule has 4 saturated carbocycles. The lowest BCUT2D eigenvalue weighted by Crippen LogP contribution is -2.64. The van der Waals surface area contributed by atoms with Crippen molar-refractivity contribution in [1.82, 2.24) is 5.32 Å². The Hall–Kier alpha value is -1.26. The van der Waals surface area contributed by atoms with E-state index in [1.165, 1.54) is 24.8 Å². The molecular weight excluding hydrogens is 290 g/mol. The average Bonchev–Trinajstić information content (AvgIpc) is 2.50. The molecule has 4 heteroatoms. The van der Waals surface area contributed by atoms with Crippen molar-refractivity contribution in [2.24, 2.45) is 11.8 Å². The molecule has 2 unspecified atom stereocenters. The van der Waals surface area contributed by atoms with E-state index in [1.807, 2.05) is 6.07 Å². The minimum Gasteiger partial charge on any atom is -0.486 e. The van der Waals surface area contributed by atoms with Gasteiger partial charge in [0.2, 0.25) is 0 Å². The largest absolute Gasteiger partial charge is 0.486 e. The van der Waals surface area contributed by atoms with Crippen molar-refractivity contribution in [1.29, 1.82) is 0 Å². The summed E-state index contributed by atoms with van der Waals surface area (Å²) >= 11 is 0. The quantitative estimate of drug-likeness (QED) is 0.900. The minimum absolute atomic E-state index is 0.145. The van der Waals surface area contributed by atoms with Crippen molar-refractivity contribution < 1.29 is 14.6 Å². The summed E-state index contributed by atoms with van der Waals surface area (Å²) in [4.78, 5) is 0. The fraction of sp³-hybridized carbons (Fsp3) is 0.684. The van der Waals surface area contributed by atoms with E-state index in [-0.39, 0.29) is 5.54 Å². The Bertz CT molecular complexity index is 615. The van der Waals surface area contributed by atoms with Gasteiger partial charge in [0.25, 0.3) is 0 Å². The molecule has 0 amide bonds. The van der Waals surface area contributed by atoms with E-state index in [1.54, 1.807) is 0 Å². The van der Waals surface area contributed by atoms with Crippen LogP contribution in [-0.2, 0) is 6.54 Å². The van der Waals surface area contributed by atoms with E-state index in [9.17, 15) is 5.11 Å². The third-order valence-corrected chi connectivity index (χ3v) is 6.30. The van der Waals surface area contributed by atoms with Crippen LogP contribution >= 0.6 is 0 Å². The summed E-state index contributed by atoms with van der Waals surface area (Å²) in [5, 5.41) is 14.7. The van der Waals surface area contributed by atoms with E-state index in [4.69, 9.17) is 9.47 Å². The van der Waals surface area contributed by atoms with Crippen molar-refractivity contribution in [3.05, 3.63) is 23.8 Å². The number of fused-ring (bicyclic) bond motifs is 1. The second kappa shape index (κ2) is 4.87. The lowest BCUT2D eigenvalue weighted by atomic mass is 9.51. The Kier molecular flexibility index (Phi) is 2.99. The predicted molar refractivity (Wildman–Crippen MR) is 86.6 cm³/mol. The van der Waals surface area contributed by atoms with Crippen molar-refractivity contribution in [2.45, 2.75) is 56.2 Å². The molecule has 0 saturated heterocycles. The Labute approximate surface area is 137 Å². The summed E-state index contributed by atoms with van der Waals surface area (Å²) in [7, 11) is 0. The van der Waals surface area contributed by atoms with E-state index in [0.717, 1.165) is 37.3 Å². The van der Waals surface area contributed by atoms with Gasteiger partial charge in [-0.05, 0) is 68.1 Å². The molecule has 23 heavy (non-hydrogen) atoms. The molecule has 4 nitrogen and oxygen atoms in total. The average molecular weight is 315 g/mol. The van der Waals surface area contributed by atoms with Gasteiger partial charge >= 0.3 is 0 Å².